The molecule has 0 bridgehead atoms. The van der Waals surface area contributed by atoms with Crippen molar-refractivity contribution >= 4 is 17.4 Å². The number of anilines is 1. The summed E-state index contributed by atoms with van der Waals surface area (Å²) in [5.41, 5.74) is 8.42. The molecule has 0 unspecified atom stereocenters. The topological polar surface area (TPSA) is 53.5 Å². The van der Waals surface area contributed by atoms with E-state index in [1.807, 2.05) is 66.7 Å². The van der Waals surface area contributed by atoms with Crippen LogP contribution in [0.2, 0.25) is 0 Å². The van der Waals surface area contributed by atoms with Crippen LogP contribution in [0.1, 0.15) is 11.1 Å². The molecule has 3 aromatic rings. The molecular weight excluding hydrogens is 298 g/mol. The number of fused-ring (bicyclic) bond motifs is 3. The quantitative estimate of drug-likeness (QED) is 0.534. The number of para-hydroxylation sites is 1. The fourth-order valence-electron chi connectivity index (χ4n) is 2.90. The van der Waals surface area contributed by atoms with Crippen LogP contribution in [0.25, 0.3) is 11.1 Å². The number of nitrogens with one attached hydrogen (secondary N) is 2. The molecule has 3 aromatic carbocycles. The third-order valence-corrected chi connectivity index (χ3v) is 3.96. The van der Waals surface area contributed by atoms with E-state index in [-0.39, 0.29) is 6.03 Å². The molecule has 1 aliphatic rings. The minimum absolute atomic E-state index is 0.365. The molecule has 0 radical (unpaired) electrons. The first-order valence-electron chi connectivity index (χ1n) is 7.72. The Balaban J connectivity index is 1.62. The van der Waals surface area contributed by atoms with Crippen LogP contribution in [0.3, 0.4) is 0 Å². The number of carbonyl (C=O) groups is 1. The zero-order valence-corrected chi connectivity index (χ0v) is 12.9. The molecule has 0 aliphatic heterocycles. The van der Waals surface area contributed by atoms with E-state index in [9.17, 15) is 4.79 Å². The van der Waals surface area contributed by atoms with Crippen LogP contribution in [0, 0.1) is 0 Å². The number of carbonyl (C=O) groups excluding carboxylic acids is 1. The van der Waals surface area contributed by atoms with E-state index >= 15 is 0 Å². The van der Waals surface area contributed by atoms with Gasteiger partial charge in [0.1, 0.15) is 0 Å². The predicted octanol–water partition coefficient (Wildman–Crippen LogP) is 4.24. The molecule has 0 aromatic heterocycles. The van der Waals surface area contributed by atoms with E-state index in [1.54, 1.807) is 0 Å². The molecule has 4 heteroatoms. The maximum Gasteiger partial charge on any atom is 0.339 e. The van der Waals surface area contributed by atoms with Crippen molar-refractivity contribution in [2.75, 3.05) is 5.32 Å². The summed E-state index contributed by atoms with van der Waals surface area (Å²) in [7, 11) is 0. The van der Waals surface area contributed by atoms with Gasteiger partial charge in [-0.1, -0.05) is 66.7 Å². The summed E-state index contributed by atoms with van der Waals surface area (Å²) >= 11 is 0. The highest BCUT2D eigenvalue weighted by molar-refractivity contribution is 6.24. The lowest BCUT2D eigenvalue weighted by molar-refractivity contribution is 0.252. The van der Waals surface area contributed by atoms with E-state index in [0.29, 0.717) is 0 Å². The number of nitrogens with zero attached hydrogens (tertiary/aromatic N) is 1. The van der Waals surface area contributed by atoms with Gasteiger partial charge in [-0.3, -0.25) is 0 Å². The van der Waals surface area contributed by atoms with Crippen LogP contribution in [0.15, 0.2) is 84.0 Å². The van der Waals surface area contributed by atoms with Gasteiger partial charge in [0.2, 0.25) is 0 Å². The zero-order valence-electron chi connectivity index (χ0n) is 12.9. The molecule has 24 heavy (non-hydrogen) atoms. The second-order valence-electron chi connectivity index (χ2n) is 5.48. The lowest BCUT2D eigenvalue weighted by atomic mass is 10.1. The molecule has 2 N–H and O–H groups in total. The molecule has 0 saturated heterocycles. The Kier molecular flexibility index (Phi) is 3.56. The second kappa shape index (κ2) is 6.01. The van der Waals surface area contributed by atoms with Crippen molar-refractivity contribution in [1.29, 1.82) is 0 Å². The zero-order chi connectivity index (χ0) is 16.4. The molecule has 0 saturated carbocycles. The van der Waals surface area contributed by atoms with Gasteiger partial charge in [0.05, 0.1) is 5.71 Å². The van der Waals surface area contributed by atoms with Gasteiger partial charge in [-0.15, -0.1) is 0 Å². The molecule has 0 spiro atoms. The number of benzene rings is 3. The van der Waals surface area contributed by atoms with Crippen LogP contribution in [0.5, 0.6) is 0 Å². The van der Waals surface area contributed by atoms with Gasteiger partial charge in [-0.05, 0) is 23.3 Å². The van der Waals surface area contributed by atoms with E-state index < -0.39 is 0 Å². The number of hydrogen-bond acceptors (Lipinski definition) is 2. The molecule has 0 heterocycles. The smallest absolute Gasteiger partial charge is 0.307 e. The Morgan fingerprint density at radius 3 is 1.75 bits per heavy atom. The Labute approximate surface area is 139 Å². The number of hydrazone groups is 1. The highest BCUT2D eigenvalue weighted by Crippen LogP contribution is 2.36. The fraction of sp³-hybridized carbons (Fsp3) is 0. The SMILES string of the molecule is O=C(NN=C1c2ccccc2-c2ccccc21)Nc1ccccc1. The number of hydrogen-bond donors (Lipinski definition) is 2. The van der Waals surface area contributed by atoms with Gasteiger partial charge in [0.15, 0.2) is 0 Å². The number of rotatable bonds is 2. The summed E-state index contributed by atoms with van der Waals surface area (Å²) in [4.78, 5) is 12.1. The van der Waals surface area contributed by atoms with Crippen molar-refractivity contribution in [2.24, 2.45) is 5.10 Å². The van der Waals surface area contributed by atoms with Crippen LogP contribution in [0.4, 0.5) is 10.5 Å². The first-order chi connectivity index (χ1) is 11.8. The molecule has 0 fully saturated rings. The van der Waals surface area contributed by atoms with Crippen LogP contribution < -0.4 is 10.7 Å². The third kappa shape index (κ3) is 2.54. The Hall–Kier alpha value is -3.40. The molecule has 0 atom stereocenters. The average Bonchev–Trinajstić information content (AvgIpc) is 2.95. The van der Waals surface area contributed by atoms with E-state index in [4.69, 9.17) is 0 Å². The van der Waals surface area contributed by atoms with Crippen molar-refractivity contribution in [1.82, 2.24) is 5.43 Å². The number of urea groups is 1. The summed E-state index contributed by atoms with van der Waals surface area (Å²) in [6, 6.07) is 25.1. The van der Waals surface area contributed by atoms with Crippen LogP contribution in [-0.2, 0) is 0 Å². The van der Waals surface area contributed by atoms with Crippen LogP contribution >= 0.6 is 0 Å². The summed E-state index contributed by atoms with van der Waals surface area (Å²) in [6.45, 7) is 0. The predicted molar refractivity (Wildman–Crippen MR) is 96.1 cm³/mol. The normalized spacial score (nSPS) is 11.4. The van der Waals surface area contributed by atoms with Crippen molar-refractivity contribution in [2.45, 2.75) is 0 Å². The van der Waals surface area contributed by atoms with Gasteiger partial charge in [0.25, 0.3) is 0 Å². The molecule has 4 nitrogen and oxygen atoms in total. The first-order valence-corrected chi connectivity index (χ1v) is 7.72. The summed E-state index contributed by atoms with van der Waals surface area (Å²) < 4.78 is 0. The monoisotopic (exact) mass is 313 g/mol. The molecule has 1 aliphatic carbocycles. The van der Waals surface area contributed by atoms with Crippen LogP contribution in [-0.4, -0.2) is 11.7 Å². The molecule has 116 valence electrons. The van der Waals surface area contributed by atoms with Gasteiger partial charge in [0, 0.05) is 16.8 Å². The minimum atomic E-state index is -0.365. The van der Waals surface area contributed by atoms with Gasteiger partial charge in [-0.25, -0.2) is 10.2 Å². The summed E-state index contributed by atoms with van der Waals surface area (Å²) in [5, 5.41) is 7.11. The van der Waals surface area contributed by atoms with E-state index in [0.717, 1.165) is 33.7 Å². The Morgan fingerprint density at radius 2 is 1.17 bits per heavy atom. The van der Waals surface area contributed by atoms with Gasteiger partial charge >= 0.3 is 6.03 Å². The van der Waals surface area contributed by atoms with Gasteiger partial charge in [-0.2, -0.15) is 5.10 Å². The highest BCUT2D eigenvalue weighted by atomic mass is 16.2. The van der Waals surface area contributed by atoms with Gasteiger partial charge < -0.3 is 5.32 Å². The van der Waals surface area contributed by atoms with E-state index in [2.05, 4.69) is 28.0 Å². The lowest BCUT2D eigenvalue weighted by Crippen LogP contribution is -2.25. The molecule has 4 rings (SSSR count). The molecule has 2 amide bonds. The standard InChI is InChI=1S/C20H15N3O/c24-20(21-14-8-2-1-3-9-14)23-22-19-17-12-6-4-10-15(17)16-11-5-7-13-18(16)19/h1-13H,(H2,21,23,24). The van der Waals surface area contributed by atoms with Crippen molar-refractivity contribution in [3.05, 3.63) is 90.0 Å². The third-order valence-electron chi connectivity index (χ3n) is 3.96. The maximum atomic E-state index is 12.1. The largest absolute Gasteiger partial charge is 0.339 e. The summed E-state index contributed by atoms with van der Waals surface area (Å²) in [6.07, 6.45) is 0. The average molecular weight is 313 g/mol. The van der Waals surface area contributed by atoms with E-state index in [1.165, 1.54) is 0 Å². The Morgan fingerprint density at radius 1 is 0.667 bits per heavy atom. The van der Waals surface area contributed by atoms with Crippen molar-refractivity contribution in [3.63, 3.8) is 0 Å². The lowest BCUT2D eigenvalue weighted by Gasteiger charge is -2.05. The highest BCUT2D eigenvalue weighted by Gasteiger charge is 2.24. The molecular formula is C20H15N3O. The second-order valence-corrected chi connectivity index (χ2v) is 5.48. The maximum absolute atomic E-state index is 12.1. The Bertz CT molecular complexity index is 885. The fourth-order valence-corrected chi connectivity index (χ4v) is 2.90. The number of amides is 2. The first kappa shape index (κ1) is 14.2. The minimum Gasteiger partial charge on any atom is -0.307 e. The van der Waals surface area contributed by atoms with Crippen molar-refractivity contribution < 1.29 is 4.79 Å². The van der Waals surface area contributed by atoms with Crippen molar-refractivity contribution in [3.8, 4) is 11.1 Å². The summed E-state index contributed by atoms with van der Waals surface area (Å²) in [5.74, 6) is 0.